The van der Waals surface area contributed by atoms with E-state index in [1.165, 1.54) is 23.9 Å². The van der Waals surface area contributed by atoms with Gasteiger partial charge < -0.3 is 20.2 Å². The summed E-state index contributed by atoms with van der Waals surface area (Å²) in [6, 6.07) is 6.07. The summed E-state index contributed by atoms with van der Waals surface area (Å²) in [4.78, 5) is 27.1. The second kappa shape index (κ2) is 8.28. The number of hydrogen-bond acceptors (Lipinski definition) is 5. The Balaban J connectivity index is 1.76. The van der Waals surface area contributed by atoms with Gasteiger partial charge in [0, 0.05) is 31.9 Å². The van der Waals surface area contributed by atoms with E-state index in [4.69, 9.17) is 17.3 Å². The number of rotatable bonds is 4. The van der Waals surface area contributed by atoms with E-state index < -0.39 is 5.97 Å². The van der Waals surface area contributed by atoms with Gasteiger partial charge in [-0.1, -0.05) is 24.0 Å². The van der Waals surface area contributed by atoms with Crippen molar-refractivity contribution in [1.29, 1.82) is 0 Å². The number of carbonyl (C=O) groups is 2. The summed E-state index contributed by atoms with van der Waals surface area (Å²) >= 11 is 6.72. The number of nitrogens with one attached hydrogen (secondary N) is 1. The number of likely N-dealkylation sites (N-methyl/N-ethyl adjacent to an activating group) is 1. The first-order chi connectivity index (χ1) is 11.0. The first kappa shape index (κ1) is 17.7. The fraction of sp³-hybridized carbons (Fsp3) is 0.400. The largest absolute Gasteiger partial charge is 0.478 e. The molecular weight excluding hydrogens is 334 g/mol. The molecule has 0 bridgehead atoms. The fourth-order valence-electron chi connectivity index (χ4n) is 2.10. The molecule has 1 aromatic carbocycles. The number of aromatic carboxylic acids is 1. The highest BCUT2D eigenvalue weighted by Crippen LogP contribution is 2.14. The van der Waals surface area contributed by atoms with E-state index in [9.17, 15) is 9.59 Å². The van der Waals surface area contributed by atoms with Crippen LogP contribution in [0.5, 0.6) is 0 Å². The highest BCUT2D eigenvalue weighted by atomic mass is 32.2. The monoisotopic (exact) mass is 353 g/mol. The molecule has 0 atom stereocenters. The van der Waals surface area contributed by atoms with Gasteiger partial charge in [0.1, 0.15) is 4.32 Å². The summed E-state index contributed by atoms with van der Waals surface area (Å²) in [5.74, 6) is -0.906. The van der Waals surface area contributed by atoms with Crippen LogP contribution in [0.25, 0.3) is 0 Å². The van der Waals surface area contributed by atoms with Gasteiger partial charge in [-0.05, 0) is 31.3 Å². The van der Waals surface area contributed by atoms with Gasteiger partial charge in [0.2, 0.25) is 5.91 Å². The van der Waals surface area contributed by atoms with E-state index >= 15 is 0 Å². The van der Waals surface area contributed by atoms with Crippen molar-refractivity contribution < 1.29 is 14.7 Å². The summed E-state index contributed by atoms with van der Waals surface area (Å²) < 4.78 is 0.745. The van der Waals surface area contributed by atoms with Gasteiger partial charge in [-0.25, -0.2) is 4.79 Å². The van der Waals surface area contributed by atoms with Crippen LogP contribution in [0.15, 0.2) is 24.3 Å². The van der Waals surface area contributed by atoms with Crippen LogP contribution in [-0.2, 0) is 4.79 Å². The lowest BCUT2D eigenvalue weighted by Gasteiger charge is -2.33. The van der Waals surface area contributed by atoms with Crippen molar-refractivity contribution in [2.24, 2.45) is 0 Å². The van der Waals surface area contributed by atoms with E-state index in [2.05, 4.69) is 22.2 Å². The Kier molecular flexibility index (Phi) is 6.37. The molecule has 1 aliphatic rings. The predicted molar refractivity (Wildman–Crippen MR) is 96.2 cm³/mol. The van der Waals surface area contributed by atoms with Gasteiger partial charge in [-0.2, -0.15) is 0 Å². The molecule has 1 fully saturated rings. The van der Waals surface area contributed by atoms with Crippen LogP contribution in [0.4, 0.5) is 5.69 Å². The van der Waals surface area contributed by atoms with Crippen molar-refractivity contribution in [3.05, 3.63) is 29.8 Å². The molecule has 0 unspecified atom stereocenters. The smallest absolute Gasteiger partial charge is 0.335 e. The highest BCUT2D eigenvalue weighted by molar-refractivity contribution is 8.23. The van der Waals surface area contributed by atoms with Gasteiger partial charge in [0.15, 0.2) is 0 Å². The van der Waals surface area contributed by atoms with E-state index in [1.54, 1.807) is 12.1 Å². The highest BCUT2D eigenvalue weighted by Gasteiger charge is 2.17. The minimum Gasteiger partial charge on any atom is -0.478 e. The van der Waals surface area contributed by atoms with Gasteiger partial charge in [0.25, 0.3) is 0 Å². The van der Waals surface area contributed by atoms with Crippen molar-refractivity contribution in [2.45, 2.75) is 0 Å². The van der Waals surface area contributed by atoms with Crippen LogP contribution < -0.4 is 5.32 Å². The maximum absolute atomic E-state index is 11.9. The molecule has 0 saturated carbocycles. The van der Waals surface area contributed by atoms with Gasteiger partial charge in [-0.3, -0.25) is 4.79 Å². The number of anilines is 1. The fourth-order valence-corrected chi connectivity index (χ4v) is 3.15. The van der Waals surface area contributed by atoms with E-state index in [1.807, 2.05) is 0 Å². The van der Waals surface area contributed by atoms with Crippen LogP contribution in [0.3, 0.4) is 0 Å². The van der Waals surface area contributed by atoms with Crippen molar-refractivity contribution >= 4 is 45.9 Å². The third-order valence-corrected chi connectivity index (χ3v) is 5.03. The average Bonchev–Trinajstić information content (AvgIpc) is 2.54. The zero-order valence-corrected chi connectivity index (χ0v) is 14.5. The molecule has 1 aliphatic heterocycles. The van der Waals surface area contributed by atoms with Crippen molar-refractivity contribution in [2.75, 3.05) is 44.3 Å². The standard InChI is InChI=1S/C15H19N3O3S2/c1-17-6-8-18(9-7-17)15(22)23-10-13(19)16-12-4-2-11(3-5-12)14(20)21/h2-5H,6-10H2,1H3,(H,16,19)(H,20,21). The third-order valence-electron chi connectivity index (χ3n) is 3.50. The molecule has 2 N–H and O–H groups in total. The minimum atomic E-state index is -0.990. The summed E-state index contributed by atoms with van der Waals surface area (Å²) in [5, 5.41) is 11.6. The molecule has 1 aromatic rings. The van der Waals surface area contributed by atoms with Crippen LogP contribution >= 0.6 is 24.0 Å². The van der Waals surface area contributed by atoms with Crippen molar-refractivity contribution in [3.8, 4) is 0 Å². The molecule has 1 amide bonds. The van der Waals surface area contributed by atoms with Gasteiger partial charge in [-0.15, -0.1) is 0 Å². The summed E-state index contributed by atoms with van der Waals surface area (Å²) in [6.07, 6.45) is 0. The van der Waals surface area contributed by atoms with Crippen LogP contribution in [0.2, 0.25) is 0 Å². The Morgan fingerprint density at radius 3 is 2.39 bits per heavy atom. The molecule has 1 heterocycles. The number of hydrogen-bond donors (Lipinski definition) is 2. The van der Waals surface area contributed by atoms with Gasteiger partial charge >= 0.3 is 5.97 Å². The van der Waals surface area contributed by atoms with Crippen LogP contribution in [0, 0.1) is 0 Å². The first-order valence-electron chi connectivity index (χ1n) is 7.19. The number of carboxylic acids is 1. The zero-order chi connectivity index (χ0) is 16.8. The molecular formula is C15H19N3O3S2. The molecule has 1 saturated heterocycles. The number of benzene rings is 1. The van der Waals surface area contributed by atoms with E-state index in [-0.39, 0.29) is 17.2 Å². The number of carbonyl (C=O) groups excluding carboxylic acids is 1. The molecule has 8 heteroatoms. The quantitative estimate of drug-likeness (QED) is 0.796. The summed E-state index contributed by atoms with van der Waals surface area (Å²) in [6.45, 7) is 3.73. The van der Waals surface area contributed by atoms with Crippen LogP contribution in [-0.4, -0.2) is 70.1 Å². The second-order valence-electron chi connectivity index (χ2n) is 5.28. The molecule has 2 rings (SSSR count). The topological polar surface area (TPSA) is 72.9 Å². The number of thiocarbonyl (C=S) groups is 1. The average molecular weight is 353 g/mol. The number of piperazine rings is 1. The summed E-state index contributed by atoms with van der Waals surface area (Å²) in [5.41, 5.74) is 0.764. The molecule has 0 radical (unpaired) electrons. The Morgan fingerprint density at radius 2 is 1.83 bits per heavy atom. The SMILES string of the molecule is CN1CCN(C(=S)SCC(=O)Nc2ccc(C(=O)O)cc2)CC1. The first-order valence-corrected chi connectivity index (χ1v) is 8.58. The number of amides is 1. The Labute approximate surface area is 144 Å². The summed E-state index contributed by atoms with van der Waals surface area (Å²) in [7, 11) is 2.08. The molecule has 0 spiro atoms. The van der Waals surface area contributed by atoms with Crippen LogP contribution in [0.1, 0.15) is 10.4 Å². The van der Waals surface area contributed by atoms with E-state index in [0.717, 1.165) is 30.5 Å². The minimum absolute atomic E-state index is 0.158. The second-order valence-corrected chi connectivity index (χ2v) is 6.88. The maximum atomic E-state index is 11.9. The lowest BCUT2D eigenvalue weighted by atomic mass is 10.2. The molecule has 0 aliphatic carbocycles. The number of nitrogens with zero attached hydrogens (tertiary/aromatic N) is 2. The van der Waals surface area contributed by atoms with Gasteiger partial charge in [0.05, 0.1) is 11.3 Å². The van der Waals surface area contributed by atoms with Crippen molar-refractivity contribution in [1.82, 2.24) is 9.80 Å². The zero-order valence-electron chi connectivity index (χ0n) is 12.8. The Hall–Kier alpha value is -1.64. The molecule has 23 heavy (non-hydrogen) atoms. The number of carboxylic acid groups (broad SMARTS) is 1. The normalized spacial score (nSPS) is 15.3. The maximum Gasteiger partial charge on any atom is 0.335 e. The molecule has 6 nitrogen and oxygen atoms in total. The number of thioether (sulfide) groups is 1. The molecule has 0 aromatic heterocycles. The predicted octanol–water partition coefficient (Wildman–Crippen LogP) is 1.59. The Bertz CT molecular complexity index is 584. The third kappa shape index (κ3) is 5.49. The lowest BCUT2D eigenvalue weighted by Crippen LogP contribution is -2.46. The van der Waals surface area contributed by atoms with E-state index in [0.29, 0.717) is 5.69 Å². The molecule has 124 valence electrons. The Morgan fingerprint density at radius 1 is 1.22 bits per heavy atom. The van der Waals surface area contributed by atoms with Crippen molar-refractivity contribution in [3.63, 3.8) is 0 Å². The lowest BCUT2D eigenvalue weighted by molar-refractivity contribution is -0.113.